The Morgan fingerprint density at radius 1 is 1.40 bits per heavy atom. The highest BCUT2D eigenvalue weighted by Crippen LogP contribution is 2.37. The third kappa shape index (κ3) is 2.16. The molecule has 1 rings (SSSR count). The van der Waals surface area contributed by atoms with Crippen molar-refractivity contribution in [2.45, 2.75) is 13.3 Å². The van der Waals surface area contributed by atoms with Crippen LogP contribution in [0.3, 0.4) is 0 Å². The van der Waals surface area contributed by atoms with E-state index in [1.807, 2.05) is 13.0 Å². The van der Waals surface area contributed by atoms with E-state index in [0.29, 0.717) is 22.1 Å². The average molecular weight is 226 g/mol. The van der Waals surface area contributed by atoms with Crippen molar-refractivity contribution >= 4 is 11.6 Å². The van der Waals surface area contributed by atoms with Crippen LogP contribution < -0.4 is 9.47 Å². The maximum Gasteiger partial charge on any atom is 0.140 e. The van der Waals surface area contributed by atoms with Crippen LogP contribution >= 0.6 is 11.6 Å². The number of methoxy groups -OCH3 is 2. The Labute approximate surface area is 94.2 Å². The lowest BCUT2D eigenvalue weighted by Gasteiger charge is -2.13. The fourth-order valence-electron chi connectivity index (χ4n) is 1.44. The van der Waals surface area contributed by atoms with E-state index in [4.69, 9.17) is 26.3 Å². The molecule has 0 saturated carbocycles. The second-order valence-corrected chi connectivity index (χ2v) is 3.43. The molecular formula is C11H12ClNO2. The van der Waals surface area contributed by atoms with E-state index in [1.165, 1.54) is 0 Å². The molecule has 0 heterocycles. The lowest BCUT2D eigenvalue weighted by molar-refractivity contribution is 0.397. The molecule has 1 aromatic carbocycles. The van der Waals surface area contributed by atoms with Gasteiger partial charge in [0, 0.05) is 5.56 Å². The molecule has 0 aromatic heterocycles. The minimum atomic E-state index is 0.207. The summed E-state index contributed by atoms with van der Waals surface area (Å²) in [5.74, 6) is 1.22. The molecule has 1 aromatic rings. The summed E-state index contributed by atoms with van der Waals surface area (Å²) >= 11 is 6.12. The molecular weight excluding hydrogens is 214 g/mol. The summed E-state index contributed by atoms with van der Waals surface area (Å²) in [5, 5.41) is 9.15. The molecule has 0 unspecified atom stereocenters. The number of hydrogen-bond acceptors (Lipinski definition) is 3. The monoisotopic (exact) mass is 225 g/mol. The molecule has 0 atom stereocenters. The number of rotatable bonds is 3. The number of nitriles is 1. The van der Waals surface area contributed by atoms with Gasteiger partial charge in [0.15, 0.2) is 0 Å². The van der Waals surface area contributed by atoms with Crippen molar-refractivity contribution in [3.05, 3.63) is 22.2 Å². The third-order valence-corrected chi connectivity index (χ3v) is 2.55. The molecule has 0 saturated heterocycles. The smallest absolute Gasteiger partial charge is 0.140 e. The van der Waals surface area contributed by atoms with Crippen molar-refractivity contribution in [2.75, 3.05) is 14.2 Å². The van der Waals surface area contributed by atoms with Gasteiger partial charge in [-0.25, -0.2) is 0 Å². The zero-order valence-corrected chi connectivity index (χ0v) is 9.68. The van der Waals surface area contributed by atoms with Crippen LogP contribution in [0.2, 0.25) is 5.02 Å². The Kier molecular flexibility index (Phi) is 3.81. The molecule has 0 radical (unpaired) electrons. The predicted molar refractivity (Wildman–Crippen MR) is 58.6 cm³/mol. The Balaban J connectivity index is 3.40. The molecule has 0 aliphatic heterocycles. The summed E-state index contributed by atoms with van der Waals surface area (Å²) in [4.78, 5) is 0. The van der Waals surface area contributed by atoms with Gasteiger partial charge in [-0.15, -0.1) is 0 Å². The summed E-state index contributed by atoms with van der Waals surface area (Å²) in [6, 6.07) is 3.87. The average Bonchev–Trinajstić information content (AvgIpc) is 2.22. The first-order valence-electron chi connectivity index (χ1n) is 4.42. The Hall–Kier alpha value is -1.40. The summed E-state index contributed by atoms with van der Waals surface area (Å²) in [6.07, 6.45) is 0.207. The van der Waals surface area contributed by atoms with Gasteiger partial charge in [0.2, 0.25) is 0 Å². The van der Waals surface area contributed by atoms with E-state index in [1.54, 1.807) is 14.2 Å². The van der Waals surface area contributed by atoms with E-state index in [0.717, 1.165) is 5.56 Å². The SMILES string of the molecule is COc1cc(C)c(OC)c(Cl)c1CC#N. The van der Waals surface area contributed by atoms with Gasteiger partial charge >= 0.3 is 0 Å². The van der Waals surface area contributed by atoms with Crippen LogP contribution in [-0.2, 0) is 6.42 Å². The molecule has 0 N–H and O–H groups in total. The number of nitrogens with zero attached hydrogens (tertiary/aromatic N) is 1. The second kappa shape index (κ2) is 4.90. The maximum atomic E-state index is 8.69. The molecule has 0 bridgehead atoms. The highest BCUT2D eigenvalue weighted by atomic mass is 35.5. The van der Waals surface area contributed by atoms with Gasteiger partial charge in [-0.2, -0.15) is 5.26 Å². The number of hydrogen-bond donors (Lipinski definition) is 0. The minimum Gasteiger partial charge on any atom is -0.496 e. The molecule has 15 heavy (non-hydrogen) atoms. The highest BCUT2D eigenvalue weighted by molar-refractivity contribution is 6.33. The molecule has 0 aliphatic rings. The van der Waals surface area contributed by atoms with Gasteiger partial charge in [-0.3, -0.25) is 0 Å². The topological polar surface area (TPSA) is 42.2 Å². The molecule has 0 fully saturated rings. The zero-order valence-electron chi connectivity index (χ0n) is 8.93. The van der Waals surface area contributed by atoms with Crippen molar-refractivity contribution in [1.29, 1.82) is 5.26 Å². The number of benzene rings is 1. The van der Waals surface area contributed by atoms with Crippen molar-refractivity contribution < 1.29 is 9.47 Å². The van der Waals surface area contributed by atoms with E-state index >= 15 is 0 Å². The number of halogens is 1. The third-order valence-electron chi connectivity index (χ3n) is 2.15. The molecule has 0 amide bonds. The quantitative estimate of drug-likeness (QED) is 0.794. The van der Waals surface area contributed by atoms with Crippen molar-refractivity contribution in [3.63, 3.8) is 0 Å². The molecule has 4 heteroatoms. The normalized spacial score (nSPS) is 9.53. The van der Waals surface area contributed by atoms with Crippen molar-refractivity contribution in [3.8, 4) is 17.6 Å². The van der Waals surface area contributed by atoms with Crippen LogP contribution in [0, 0.1) is 18.3 Å². The summed E-state index contributed by atoms with van der Waals surface area (Å²) in [7, 11) is 3.11. The zero-order chi connectivity index (χ0) is 11.4. The first-order chi connectivity index (χ1) is 7.15. The Morgan fingerprint density at radius 3 is 2.53 bits per heavy atom. The van der Waals surface area contributed by atoms with E-state index in [2.05, 4.69) is 6.07 Å². The van der Waals surface area contributed by atoms with Crippen molar-refractivity contribution in [1.82, 2.24) is 0 Å². The summed E-state index contributed by atoms with van der Waals surface area (Å²) < 4.78 is 10.3. The molecule has 80 valence electrons. The summed E-state index contributed by atoms with van der Waals surface area (Å²) in [6.45, 7) is 1.88. The van der Waals surface area contributed by atoms with Gasteiger partial charge in [-0.05, 0) is 18.6 Å². The van der Waals surface area contributed by atoms with Crippen LogP contribution in [0.25, 0.3) is 0 Å². The van der Waals surface area contributed by atoms with E-state index < -0.39 is 0 Å². The number of aryl methyl sites for hydroxylation is 1. The van der Waals surface area contributed by atoms with Gasteiger partial charge in [0.1, 0.15) is 11.5 Å². The van der Waals surface area contributed by atoms with Gasteiger partial charge in [0.05, 0.1) is 31.7 Å². The first-order valence-corrected chi connectivity index (χ1v) is 4.80. The van der Waals surface area contributed by atoms with Crippen LogP contribution in [0.15, 0.2) is 6.07 Å². The fourth-order valence-corrected chi connectivity index (χ4v) is 1.83. The maximum absolute atomic E-state index is 8.69. The second-order valence-electron chi connectivity index (χ2n) is 3.06. The largest absolute Gasteiger partial charge is 0.496 e. The molecule has 0 aliphatic carbocycles. The van der Waals surface area contributed by atoms with Crippen LogP contribution in [0.5, 0.6) is 11.5 Å². The molecule has 3 nitrogen and oxygen atoms in total. The summed E-state index contributed by atoms with van der Waals surface area (Å²) in [5.41, 5.74) is 1.56. The Bertz CT molecular complexity index is 410. The Morgan fingerprint density at radius 2 is 2.07 bits per heavy atom. The lowest BCUT2D eigenvalue weighted by atomic mass is 10.1. The van der Waals surface area contributed by atoms with E-state index in [9.17, 15) is 0 Å². The first kappa shape index (κ1) is 11.7. The van der Waals surface area contributed by atoms with Gasteiger partial charge in [-0.1, -0.05) is 11.6 Å². The number of ether oxygens (including phenoxy) is 2. The van der Waals surface area contributed by atoms with Crippen molar-refractivity contribution in [2.24, 2.45) is 0 Å². The molecule has 0 spiro atoms. The van der Waals surface area contributed by atoms with E-state index in [-0.39, 0.29) is 6.42 Å². The minimum absolute atomic E-state index is 0.207. The van der Waals surface area contributed by atoms with Crippen LogP contribution in [0.4, 0.5) is 0 Å². The van der Waals surface area contributed by atoms with Gasteiger partial charge in [0.25, 0.3) is 0 Å². The predicted octanol–water partition coefficient (Wildman–Crippen LogP) is 2.73. The fraction of sp³-hybridized carbons (Fsp3) is 0.364. The standard InChI is InChI=1S/C11H12ClNO2/c1-7-6-9(14-2)8(4-5-13)10(12)11(7)15-3/h6H,4H2,1-3H3. The van der Waals surface area contributed by atoms with Gasteiger partial charge < -0.3 is 9.47 Å². The lowest BCUT2D eigenvalue weighted by Crippen LogP contribution is -1.97. The highest BCUT2D eigenvalue weighted by Gasteiger charge is 2.15. The van der Waals surface area contributed by atoms with Crippen LogP contribution in [0.1, 0.15) is 11.1 Å². The van der Waals surface area contributed by atoms with Crippen LogP contribution in [-0.4, -0.2) is 14.2 Å².